The van der Waals surface area contributed by atoms with Crippen molar-refractivity contribution >= 4 is 21.8 Å². The maximum absolute atomic E-state index is 12.3. The number of amides is 1. The van der Waals surface area contributed by atoms with Crippen LogP contribution in [0.4, 0.5) is 0 Å². The molecule has 0 unspecified atom stereocenters. The number of carbonyl (C=O) groups excluding carboxylic acids is 1. The molecular weight excluding hydrogens is 386 g/mol. The lowest BCUT2D eigenvalue weighted by Gasteiger charge is -2.29. The largest absolute Gasteiger partial charge is 0.477 e. The van der Waals surface area contributed by atoms with E-state index in [1.54, 1.807) is 19.5 Å². The second kappa shape index (κ2) is 8.29. The average molecular weight is 406 g/mol. The number of rotatable bonds is 5. The summed E-state index contributed by atoms with van der Waals surface area (Å²) in [5.74, 6) is 0.778. The smallest absolute Gasteiger partial charge is 0.278 e. The maximum Gasteiger partial charge on any atom is 0.278 e. The molecule has 2 aromatic rings. The van der Waals surface area contributed by atoms with Gasteiger partial charge in [-0.3, -0.25) is 4.79 Å². The van der Waals surface area contributed by atoms with Crippen LogP contribution in [0.5, 0.6) is 11.8 Å². The van der Waals surface area contributed by atoms with Crippen molar-refractivity contribution in [3.8, 4) is 11.8 Å². The molecule has 0 radical (unpaired) electrons. The van der Waals surface area contributed by atoms with Gasteiger partial charge in [-0.05, 0) is 43.9 Å². The van der Waals surface area contributed by atoms with Gasteiger partial charge in [0, 0.05) is 28.5 Å². The highest BCUT2D eigenvalue weighted by Gasteiger charge is 2.25. The Labute approximate surface area is 155 Å². The summed E-state index contributed by atoms with van der Waals surface area (Å²) >= 11 is 3.39. The van der Waals surface area contributed by atoms with E-state index in [9.17, 15) is 4.79 Å². The van der Waals surface area contributed by atoms with E-state index < -0.39 is 0 Å². The number of ether oxygens (including phenoxy) is 2. The van der Waals surface area contributed by atoms with Gasteiger partial charge in [-0.2, -0.15) is 0 Å². The summed E-state index contributed by atoms with van der Waals surface area (Å²) in [6.07, 6.45) is 6.65. The highest BCUT2D eigenvalue weighted by Crippen LogP contribution is 2.27. The second-order valence-electron chi connectivity index (χ2n) is 5.95. The molecule has 1 amide bonds. The molecule has 1 aromatic carbocycles. The number of halogens is 1. The predicted molar refractivity (Wildman–Crippen MR) is 96.9 cm³/mol. The van der Waals surface area contributed by atoms with Gasteiger partial charge in [-0.15, -0.1) is 0 Å². The van der Waals surface area contributed by atoms with Gasteiger partial charge in [0.1, 0.15) is 6.10 Å². The average Bonchev–Trinajstić information content (AvgIpc) is 2.64. The Morgan fingerprint density at radius 2 is 1.88 bits per heavy atom. The fourth-order valence-electron chi connectivity index (χ4n) is 2.91. The molecule has 7 heteroatoms. The van der Waals surface area contributed by atoms with Gasteiger partial charge in [-0.25, -0.2) is 9.97 Å². The van der Waals surface area contributed by atoms with Gasteiger partial charge < -0.3 is 14.8 Å². The van der Waals surface area contributed by atoms with Crippen LogP contribution in [-0.2, 0) is 0 Å². The van der Waals surface area contributed by atoms with E-state index in [0.717, 1.165) is 30.2 Å². The maximum atomic E-state index is 12.3. The quantitative estimate of drug-likeness (QED) is 0.825. The molecule has 1 N–H and O–H groups in total. The molecule has 1 aromatic heterocycles. The van der Waals surface area contributed by atoms with Gasteiger partial charge >= 0.3 is 0 Å². The second-order valence-corrected chi connectivity index (χ2v) is 6.86. The first-order valence-electron chi connectivity index (χ1n) is 8.24. The highest BCUT2D eigenvalue weighted by molar-refractivity contribution is 9.10. The molecule has 1 heterocycles. The summed E-state index contributed by atoms with van der Waals surface area (Å²) in [7, 11) is 1.55. The van der Waals surface area contributed by atoms with Crippen LogP contribution in [0.25, 0.3) is 0 Å². The number of benzene rings is 1. The molecule has 1 saturated carbocycles. The zero-order valence-electron chi connectivity index (χ0n) is 13.9. The third-order valence-electron chi connectivity index (χ3n) is 4.20. The van der Waals surface area contributed by atoms with E-state index in [4.69, 9.17) is 9.47 Å². The predicted octanol–water partition coefficient (Wildman–Crippen LogP) is 3.37. The van der Waals surface area contributed by atoms with Crippen LogP contribution in [-0.4, -0.2) is 35.1 Å². The summed E-state index contributed by atoms with van der Waals surface area (Å²) in [5.41, 5.74) is 0.664. The minimum Gasteiger partial charge on any atom is -0.477 e. The lowest BCUT2D eigenvalue weighted by molar-refractivity contribution is 0.0886. The van der Waals surface area contributed by atoms with E-state index in [2.05, 4.69) is 31.2 Å². The first kappa shape index (κ1) is 17.7. The molecule has 6 nitrogen and oxygen atoms in total. The van der Waals surface area contributed by atoms with Crippen molar-refractivity contribution in [3.05, 3.63) is 46.7 Å². The summed E-state index contributed by atoms with van der Waals surface area (Å²) in [6, 6.07) is 7.56. The third kappa shape index (κ3) is 4.69. The van der Waals surface area contributed by atoms with E-state index in [0.29, 0.717) is 17.3 Å². The lowest BCUT2D eigenvalue weighted by Crippen LogP contribution is -2.39. The standard InChI is InChI=1S/C18H20BrN3O3/c1-24-17-18(21-10-9-20-17)25-15-7-5-14(6-8-15)22-16(23)12-3-2-4-13(19)11-12/h2-4,9-11,14-15H,5-8H2,1H3,(H,22,23). The van der Waals surface area contributed by atoms with Crippen LogP contribution in [0.3, 0.4) is 0 Å². The van der Waals surface area contributed by atoms with Gasteiger partial charge in [0.15, 0.2) is 0 Å². The Morgan fingerprint density at radius 3 is 2.56 bits per heavy atom. The van der Waals surface area contributed by atoms with Crippen molar-refractivity contribution in [2.45, 2.75) is 37.8 Å². The van der Waals surface area contributed by atoms with Gasteiger partial charge in [0.25, 0.3) is 17.7 Å². The Hall–Kier alpha value is -2.15. The molecule has 0 bridgehead atoms. The number of aromatic nitrogens is 2. The molecule has 1 fully saturated rings. The van der Waals surface area contributed by atoms with E-state index >= 15 is 0 Å². The number of methoxy groups -OCH3 is 1. The molecular formula is C18H20BrN3O3. The Balaban J connectivity index is 1.51. The molecule has 0 aliphatic heterocycles. The summed E-state index contributed by atoms with van der Waals surface area (Å²) in [4.78, 5) is 20.6. The van der Waals surface area contributed by atoms with Crippen LogP contribution in [0.2, 0.25) is 0 Å². The third-order valence-corrected chi connectivity index (χ3v) is 4.69. The minimum absolute atomic E-state index is 0.0405. The van der Waals surface area contributed by atoms with Gasteiger partial charge in [0.2, 0.25) is 0 Å². The Kier molecular flexibility index (Phi) is 5.86. The number of hydrogen-bond acceptors (Lipinski definition) is 5. The van der Waals surface area contributed by atoms with Crippen molar-refractivity contribution in [2.24, 2.45) is 0 Å². The summed E-state index contributed by atoms with van der Waals surface area (Å²) in [6.45, 7) is 0. The molecule has 0 spiro atoms. The molecule has 3 rings (SSSR count). The highest BCUT2D eigenvalue weighted by atomic mass is 79.9. The SMILES string of the molecule is COc1nccnc1OC1CCC(NC(=O)c2cccc(Br)c2)CC1. The minimum atomic E-state index is -0.0405. The van der Waals surface area contributed by atoms with Crippen LogP contribution in [0.1, 0.15) is 36.0 Å². The summed E-state index contributed by atoms with van der Waals surface area (Å²) < 4.78 is 12.0. The molecule has 0 saturated heterocycles. The Bertz CT molecular complexity index is 733. The van der Waals surface area contributed by atoms with Crippen LogP contribution in [0, 0.1) is 0 Å². The van der Waals surface area contributed by atoms with Crippen LogP contribution in [0.15, 0.2) is 41.1 Å². The molecule has 1 aliphatic rings. The van der Waals surface area contributed by atoms with Crippen molar-refractivity contribution in [3.63, 3.8) is 0 Å². The Morgan fingerprint density at radius 1 is 1.16 bits per heavy atom. The zero-order chi connectivity index (χ0) is 17.6. The fourth-order valence-corrected chi connectivity index (χ4v) is 3.31. The first-order chi connectivity index (χ1) is 12.2. The van der Waals surface area contributed by atoms with E-state index in [-0.39, 0.29) is 18.1 Å². The number of nitrogens with one attached hydrogen (secondary N) is 1. The fraction of sp³-hybridized carbons (Fsp3) is 0.389. The molecule has 1 aliphatic carbocycles. The van der Waals surface area contributed by atoms with Crippen molar-refractivity contribution in [1.82, 2.24) is 15.3 Å². The zero-order valence-corrected chi connectivity index (χ0v) is 15.5. The lowest BCUT2D eigenvalue weighted by atomic mass is 9.92. The van der Waals surface area contributed by atoms with Crippen LogP contribution >= 0.6 is 15.9 Å². The van der Waals surface area contributed by atoms with E-state index in [1.807, 2.05) is 24.3 Å². The van der Waals surface area contributed by atoms with E-state index in [1.165, 1.54) is 0 Å². The van der Waals surface area contributed by atoms with Crippen molar-refractivity contribution < 1.29 is 14.3 Å². The van der Waals surface area contributed by atoms with Crippen molar-refractivity contribution in [2.75, 3.05) is 7.11 Å². The monoisotopic (exact) mass is 405 g/mol. The number of nitrogens with zero attached hydrogens (tertiary/aromatic N) is 2. The number of carbonyl (C=O) groups is 1. The normalized spacial score (nSPS) is 19.9. The van der Waals surface area contributed by atoms with Gasteiger partial charge in [-0.1, -0.05) is 22.0 Å². The topological polar surface area (TPSA) is 73.3 Å². The van der Waals surface area contributed by atoms with Gasteiger partial charge in [0.05, 0.1) is 7.11 Å². The molecule has 25 heavy (non-hydrogen) atoms. The molecule has 132 valence electrons. The first-order valence-corrected chi connectivity index (χ1v) is 9.03. The number of hydrogen-bond donors (Lipinski definition) is 1. The van der Waals surface area contributed by atoms with Crippen LogP contribution < -0.4 is 14.8 Å². The summed E-state index contributed by atoms with van der Waals surface area (Å²) in [5, 5.41) is 3.10. The molecule has 0 atom stereocenters. The van der Waals surface area contributed by atoms with Crippen molar-refractivity contribution in [1.29, 1.82) is 0 Å².